The van der Waals surface area contributed by atoms with Crippen molar-refractivity contribution >= 4 is 34.8 Å². The van der Waals surface area contributed by atoms with Gasteiger partial charge in [-0.05, 0) is 18.1 Å². The molecule has 0 saturated carbocycles. The normalized spacial score (nSPS) is 16.2. The maximum absolute atomic E-state index is 12.8. The predicted octanol–water partition coefficient (Wildman–Crippen LogP) is 3.91. The van der Waals surface area contributed by atoms with Gasteiger partial charge in [0.1, 0.15) is 11.5 Å². The second-order valence-corrected chi connectivity index (χ2v) is 6.97. The smallest absolute Gasteiger partial charge is 0.229 e. The predicted molar refractivity (Wildman–Crippen MR) is 109 cm³/mol. The fourth-order valence-electron chi connectivity index (χ4n) is 3.38. The van der Waals surface area contributed by atoms with Gasteiger partial charge in [0, 0.05) is 30.8 Å². The lowest BCUT2D eigenvalue weighted by Crippen LogP contribution is -2.28. The number of para-hydroxylation sites is 1. The second kappa shape index (κ2) is 8.52. The zero-order chi connectivity index (χ0) is 20.3. The molecule has 1 aliphatic rings. The lowest BCUT2D eigenvalue weighted by molar-refractivity contribution is -0.122. The van der Waals surface area contributed by atoms with E-state index in [0.29, 0.717) is 28.8 Å². The first kappa shape index (κ1) is 20.0. The lowest BCUT2D eigenvalue weighted by Gasteiger charge is -2.20. The molecule has 6 nitrogen and oxygen atoms in total. The van der Waals surface area contributed by atoms with Gasteiger partial charge in [-0.2, -0.15) is 0 Å². The fourth-order valence-corrected chi connectivity index (χ4v) is 3.61. The Morgan fingerprint density at radius 3 is 2.61 bits per heavy atom. The second-order valence-electron chi connectivity index (χ2n) is 6.56. The van der Waals surface area contributed by atoms with E-state index in [1.54, 1.807) is 17.0 Å². The molecular formula is C21H23ClN2O4. The van der Waals surface area contributed by atoms with Crippen LogP contribution in [0.3, 0.4) is 0 Å². The summed E-state index contributed by atoms with van der Waals surface area (Å²) >= 11 is 6.11. The Balaban J connectivity index is 1.79. The molecule has 2 aromatic rings. The van der Waals surface area contributed by atoms with E-state index >= 15 is 0 Å². The van der Waals surface area contributed by atoms with Crippen molar-refractivity contribution < 1.29 is 19.1 Å². The molecule has 0 radical (unpaired) electrons. The maximum Gasteiger partial charge on any atom is 0.229 e. The van der Waals surface area contributed by atoms with Crippen molar-refractivity contribution in [2.45, 2.75) is 19.8 Å². The summed E-state index contributed by atoms with van der Waals surface area (Å²) in [5, 5.41) is 3.23. The summed E-state index contributed by atoms with van der Waals surface area (Å²) in [6.07, 6.45) is 0.982. The molecule has 1 saturated heterocycles. The summed E-state index contributed by atoms with van der Waals surface area (Å²) in [5.41, 5.74) is 2.41. The van der Waals surface area contributed by atoms with Gasteiger partial charge < -0.3 is 19.7 Å². The van der Waals surface area contributed by atoms with E-state index in [2.05, 4.69) is 5.32 Å². The Hall–Kier alpha value is -2.73. The van der Waals surface area contributed by atoms with E-state index < -0.39 is 5.92 Å². The summed E-state index contributed by atoms with van der Waals surface area (Å²) in [7, 11) is 2.99. The number of ether oxygens (including phenoxy) is 2. The molecule has 1 fully saturated rings. The van der Waals surface area contributed by atoms with E-state index in [0.717, 1.165) is 17.7 Å². The van der Waals surface area contributed by atoms with E-state index in [1.165, 1.54) is 14.2 Å². The highest BCUT2D eigenvalue weighted by Crippen LogP contribution is 2.36. The number of halogens is 1. The van der Waals surface area contributed by atoms with Crippen LogP contribution in [0.5, 0.6) is 11.5 Å². The monoisotopic (exact) mass is 402 g/mol. The third kappa shape index (κ3) is 3.92. The third-order valence-corrected chi connectivity index (χ3v) is 5.19. The van der Waals surface area contributed by atoms with Crippen molar-refractivity contribution in [3.8, 4) is 11.5 Å². The highest BCUT2D eigenvalue weighted by atomic mass is 35.5. The minimum Gasteiger partial charge on any atom is -0.495 e. The van der Waals surface area contributed by atoms with Crippen LogP contribution in [-0.4, -0.2) is 32.6 Å². The average Bonchev–Trinajstić information content (AvgIpc) is 3.10. The topological polar surface area (TPSA) is 67.9 Å². The molecule has 148 valence electrons. The number of nitrogens with one attached hydrogen (secondary N) is 1. The molecule has 28 heavy (non-hydrogen) atoms. The van der Waals surface area contributed by atoms with Crippen LogP contribution in [0.1, 0.15) is 18.9 Å². The minimum atomic E-state index is -0.455. The summed E-state index contributed by atoms with van der Waals surface area (Å²) < 4.78 is 10.5. The van der Waals surface area contributed by atoms with Gasteiger partial charge >= 0.3 is 0 Å². The number of carbonyl (C=O) groups excluding carboxylic acids is 2. The molecule has 0 aromatic heterocycles. The Labute approximate surface area is 169 Å². The molecule has 1 N–H and O–H groups in total. The zero-order valence-electron chi connectivity index (χ0n) is 16.1. The van der Waals surface area contributed by atoms with Crippen molar-refractivity contribution in [3.63, 3.8) is 0 Å². The molecule has 3 rings (SSSR count). The lowest BCUT2D eigenvalue weighted by atomic mass is 10.1. The Kier molecular flexibility index (Phi) is 6.09. The van der Waals surface area contributed by atoms with Gasteiger partial charge in [-0.3, -0.25) is 9.59 Å². The molecule has 2 amide bonds. The molecule has 0 unspecified atom stereocenters. The van der Waals surface area contributed by atoms with Gasteiger partial charge in [0.25, 0.3) is 0 Å². The molecule has 0 bridgehead atoms. The summed E-state index contributed by atoms with van der Waals surface area (Å²) in [5.74, 6) is 0.105. The van der Waals surface area contributed by atoms with Crippen molar-refractivity contribution in [1.29, 1.82) is 0 Å². The number of carbonyl (C=O) groups is 2. The van der Waals surface area contributed by atoms with Crippen molar-refractivity contribution in [2.75, 3.05) is 31.0 Å². The molecule has 2 aromatic carbocycles. The van der Waals surface area contributed by atoms with Crippen LogP contribution in [0.25, 0.3) is 0 Å². The summed E-state index contributed by atoms with van der Waals surface area (Å²) in [6.45, 7) is 2.39. The quantitative estimate of drug-likeness (QED) is 0.795. The number of methoxy groups -OCH3 is 2. The Bertz CT molecular complexity index is 900. The van der Waals surface area contributed by atoms with Crippen LogP contribution in [0.15, 0.2) is 36.4 Å². The molecular weight excluding hydrogens is 380 g/mol. The number of anilines is 2. The first-order valence-corrected chi connectivity index (χ1v) is 9.46. The largest absolute Gasteiger partial charge is 0.495 e. The van der Waals surface area contributed by atoms with Crippen LogP contribution < -0.4 is 19.7 Å². The van der Waals surface area contributed by atoms with Crippen molar-refractivity contribution in [1.82, 2.24) is 0 Å². The number of amides is 2. The maximum atomic E-state index is 12.8. The Morgan fingerprint density at radius 1 is 1.21 bits per heavy atom. The number of rotatable bonds is 6. The van der Waals surface area contributed by atoms with Crippen LogP contribution in [0, 0.1) is 5.92 Å². The highest BCUT2D eigenvalue weighted by Gasteiger charge is 2.36. The average molecular weight is 403 g/mol. The first-order valence-electron chi connectivity index (χ1n) is 9.09. The number of hydrogen-bond acceptors (Lipinski definition) is 4. The molecule has 0 aliphatic carbocycles. The molecule has 1 heterocycles. The van der Waals surface area contributed by atoms with Gasteiger partial charge in [-0.25, -0.2) is 0 Å². The Morgan fingerprint density at radius 2 is 1.93 bits per heavy atom. The highest BCUT2D eigenvalue weighted by molar-refractivity contribution is 6.32. The van der Waals surface area contributed by atoms with Crippen LogP contribution in [0.2, 0.25) is 5.02 Å². The molecule has 1 aliphatic heterocycles. The SMILES string of the molecule is CCc1ccccc1N1C[C@H](C(=O)Nc2cc(OC)c(Cl)cc2OC)CC1=O. The number of aryl methyl sites for hydroxylation is 1. The molecule has 0 spiro atoms. The van der Waals surface area contributed by atoms with E-state index in [1.807, 2.05) is 31.2 Å². The summed E-state index contributed by atoms with van der Waals surface area (Å²) in [6, 6.07) is 11.0. The van der Waals surface area contributed by atoms with Crippen LogP contribution in [-0.2, 0) is 16.0 Å². The molecule has 7 heteroatoms. The third-order valence-electron chi connectivity index (χ3n) is 4.89. The van der Waals surface area contributed by atoms with E-state index in [4.69, 9.17) is 21.1 Å². The van der Waals surface area contributed by atoms with Crippen LogP contribution in [0.4, 0.5) is 11.4 Å². The number of hydrogen-bond donors (Lipinski definition) is 1. The zero-order valence-corrected chi connectivity index (χ0v) is 16.9. The van der Waals surface area contributed by atoms with E-state index in [-0.39, 0.29) is 18.2 Å². The summed E-state index contributed by atoms with van der Waals surface area (Å²) in [4.78, 5) is 27.1. The first-order chi connectivity index (χ1) is 13.5. The van der Waals surface area contributed by atoms with Gasteiger partial charge in [0.05, 0.1) is 30.8 Å². The standard InChI is InChI=1S/C21H23ClN2O4/c1-4-13-7-5-6-8-17(13)24-12-14(9-20(24)25)21(26)23-16-11-18(27-2)15(22)10-19(16)28-3/h5-8,10-11,14H,4,9,12H2,1-3H3,(H,23,26)/t14-/m1/s1. The number of benzene rings is 2. The van der Waals surface area contributed by atoms with Crippen molar-refractivity contribution in [2.24, 2.45) is 5.92 Å². The van der Waals surface area contributed by atoms with E-state index in [9.17, 15) is 9.59 Å². The van der Waals surface area contributed by atoms with Gasteiger partial charge in [-0.1, -0.05) is 36.7 Å². The van der Waals surface area contributed by atoms with Crippen LogP contribution >= 0.6 is 11.6 Å². The van der Waals surface area contributed by atoms with Gasteiger partial charge in [-0.15, -0.1) is 0 Å². The number of nitrogens with zero attached hydrogens (tertiary/aromatic N) is 1. The fraction of sp³-hybridized carbons (Fsp3) is 0.333. The minimum absolute atomic E-state index is 0.0540. The van der Waals surface area contributed by atoms with Crippen molar-refractivity contribution in [3.05, 3.63) is 47.0 Å². The van der Waals surface area contributed by atoms with Gasteiger partial charge in [0.2, 0.25) is 11.8 Å². The molecule has 1 atom stereocenters. The van der Waals surface area contributed by atoms with Gasteiger partial charge in [0.15, 0.2) is 0 Å².